The number of carbonyl (C=O) groups excluding carboxylic acids is 2. The number of rotatable bonds is 5. The number of nitrogens with zero attached hydrogens (tertiary/aromatic N) is 1. The molecule has 3 aromatic carbocycles. The second-order valence-electron chi connectivity index (χ2n) is 8.43. The van der Waals surface area contributed by atoms with Crippen LogP contribution < -0.4 is 5.32 Å². The Morgan fingerprint density at radius 3 is 2.20 bits per heavy atom. The summed E-state index contributed by atoms with van der Waals surface area (Å²) in [6.45, 7) is 6.00. The zero-order valence-electron chi connectivity index (χ0n) is 17.9. The molecule has 3 rings (SSSR count). The second kappa shape index (κ2) is 8.99. The van der Waals surface area contributed by atoms with Gasteiger partial charge in [0, 0.05) is 19.3 Å². The van der Waals surface area contributed by atoms with Crippen molar-refractivity contribution >= 4 is 28.5 Å². The zero-order valence-corrected chi connectivity index (χ0v) is 17.9. The van der Waals surface area contributed by atoms with E-state index in [1.54, 1.807) is 17.0 Å². The van der Waals surface area contributed by atoms with Crippen LogP contribution >= 0.6 is 0 Å². The van der Waals surface area contributed by atoms with Crippen LogP contribution in [-0.2, 0) is 22.5 Å². The molecule has 3 aromatic rings. The molecule has 0 atom stereocenters. The van der Waals surface area contributed by atoms with Crippen molar-refractivity contribution in [2.75, 3.05) is 12.4 Å². The molecule has 0 fully saturated rings. The lowest BCUT2D eigenvalue weighted by molar-refractivity contribution is -0.129. The van der Waals surface area contributed by atoms with E-state index in [4.69, 9.17) is 4.74 Å². The normalized spacial score (nSPS) is 11.2. The van der Waals surface area contributed by atoms with Crippen LogP contribution in [0.3, 0.4) is 0 Å². The molecule has 0 saturated heterocycles. The van der Waals surface area contributed by atoms with E-state index < -0.39 is 11.7 Å². The van der Waals surface area contributed by atoms with Gasteiger partial charge >= 0.3 is 6.09 Å². The Bertz CT molecular complexity index is 1040. The van der Waals surface area contributed by atoms with Crippen LogP contribution in [0.5, 0.6) is 0 Å². The molecule has 156 valence electrons. The predicted molar refractivity (Wildman–Crippen MR) is 120 cm³/mol. The smallest absolute Gasteiger partial charge is 0.412 e. The first kappa shape index (κ1) is 21.4. The van der Waals surface area contributed by atoms with Gasteiger partial charge in [0.1, 0.15) is 5.60 Å². The minimum Gasteiger partial charge on any atom is -0.444 e. The molecule has 0 unspecified atom stereocenters. The molecule has 0 saturated carbocycles. The van der Waals surface area contributed by atoms with Crippen molar-refractivity contribution < 1.29 is 14.3 Å². The Morgan fingerprint density at radius 1 is 0.900 bits per heavy atom. The maximum atomic E-state index is 12.6. The van der Waals surface area contributed by atoms with Crippen LogP contribution in [0, 0.1) is 0 Å². The van der Waals surface area contributed by atoms with Gasteiger partial charge in [-0.3, -0.25) is 10.1 Å². The summed E-state index contributed by atoms with van der Waals surface area (Å²) in [5.41, 5.74) is 2.07. The van der Waals surface area contributed by atoms with Crippen LogP contribution in [0.2, 0.25) is 0 Å². The third-order valence-electron chi connectivity index (χ3n) is 4.61. The average molecular weight is 405 g/mol. The minimum absolute atomic E-state index is 0.0380. The molecule has 2 amide bonds. The average Bonchev–Trinajstić information content (AvgIpc) is 2.68. The molecule has 30 heavy (non-hydrogen) atoms. The van der Waals surface area contributed by atoms with Gasteiger partial charge in [-0.25, -0.2) is 4.79 Å². The Labute approximate surface area is 177 Å². The Morgan fingerprint density at radius 2 is 1.53 bits per heavy atom. The molecule has 0 heterocycles. The number of benzene rings is 3. The molecular formula is C25H28N2O3. The number of hydrogen-bond acceptors (Lipinski definition) is 3. The largest absolute Gasteiger partial charge is 0.444 e. The van der Waals surface area contributed by atoms with Crippen LogP contribution in [0.4, 0.5) is 10.5 Å². The fourth-order valence-corrected chi connectivity index (χ4v) is 3.14. The van der Waals surface area contributed by atoms with Gasteiger partial charge in [-0.05, 0) is 60.9 Å². The van der Waals surface area contributed by atoms with Crippen molar-refractivity contribution in [1.29, 1.82) is 0 Å². The van der Waals surface area contributed by atoms with Crippen molar-refractivity contribution in [3.8, 4) is 0 Å². The number of amides is 2. The van der Waals surface area contributed by atoms with Crippen molar-refractivity contribution in [2.45, 2.75) is 39.3 Å². The summed E-state index contributed by atoms with van der Waals surface area (Å²) in [6, 6.07) is 21.7. The molecular weight excluding hydrogens is 376 g/mol. The Balaban J connectivity index is 1.56. The van der Waals surface area contributed by atoms with Gasteiger partial charge in [0.2, 0.25) is 5.91 Å². The van der Waals surface area contributed by atoms with Crippen LogP contribution in [0.1, 0.15) is 31.9 Å². The minimum atomic E-state index is -0.550. The van der Waals surface area contributed by atoms with Crippen molar-refractivity contribution in [3.63, 3.8) is 0 Å². The van der Waals surface area contributed by atoms with Crippen molar-refractivity contribution in [3.05, 3.63) is 77.9 Å². The number of nitrogens with one attached hydrogen (secondary N) is 1. The Kier molecular flexibility index (Phi) is 6.40. The monoisotopic (exact) mass is 404 g/mol. The van der Waals surface area contributed by atoms with Gasteiger partial charge in [-0.15, -0.1) is 0 Å². The molecule has 0 aliphatic heterocycles. The summed E-state index contributed by atoms with van der Waals surface area (Å²) in [7, 11) is 1.82. The first-order valence-electron chi connectivity index (χ1n) is 10.0. The lowest BCUT2D eigenvalue weighted by atomic mass is 10.1. The lowest BCUT2D eigenvalue weighted by Gasteiger charge is -2.20. The maximum Gasteiger partial charge on any atom is 0.412 e. The highest BCUT2D eigenvalue weighted by Gasteiger charge is 2.16. The number of hydrogen-bond donors (Lipinski definition) is 1. The first-order chi connectivity index (χ1) is 14.2. The van der Waals surface area contributed by atoms with E-state index in [0.717, 1.165) is 11.1 Å². The van der Waals surface area contributed by atoms with Crippen LogP contribution in [0.25, 0.3) is 10.8 Å². The molecule has 0 aliphatic rings. The Hall–Kier alpha value is -3.34. The van der Waals surface area contributed by atoms with Crippen molar-refractivity contribution in [2.24, 2.45) is 0 Å². The van der Waals surface area contributed by atoms with E-state index in [2.05, 4.69) is 35.6 Å². The van der Waals surface area contributed by atoms with E-state index >= 15 is 0 Å². The van der Waals surface area contributed by atoms with Gasteiger partial charge in [-0.2, -0.15) is 0 Å². The molecule has 0 aromatic heterocycles. The fraction of sp³-hybridized carbons (Fsp3) is 0.280. The quantitative estimate of drug-likeness (QED) is 0.620. The summed E-state index contributed by atoms with van der Waals surface area (Å²) < 4.78 is 5.24. The third-order valence-corrected chi connectivity index (χ3v) is 4.61. The highest BCUT2D eigenvalue weighted by molar-refractivity contribution is 5.85. The number of anilines is 1. The van der Waals surface area contributed by atoms with Gasteiger partial charge in [0.25, 0.3) is 0 Å². The molecule has 0 bridgehead atoms. The number of carbonyl (C=O) groups is 2. The van der Waals surface area contributed by atoms with Crippen molar-refractivity contribution in [1.82, 2.24) is 4.90 Å². The van der Waals surface area contributed by atoms with E-state index in [1.165, 1.54) is 10.8 Å². The highest BCUT2D eigenvalue weighted by atomic mass is 16.6. The topological polar surface area (TPSA) is 58.6 Å². The van der Waals surface area contributed by atoms with Crippen LogP contribution in [-0.4, -0.2) is 29.5 Å². The van der Waals surface area contributed by atoms with Crippen LogP contribution in [0.15, 0.2) is 66.7 Å². The van der Waals surface area contributed by atoms with Gasteiger partial charge in [0.05, 0.1) is 6.42 Å². The number of ether oxygens (including phenoxy) is 1. The van der Waals surface area contributed by atoms with Gasteiger partial charge < -0.3 is 9.64 Å². The second-order valence-corrected chi connectivity index (χ2v) is 8.43. The summed E-state index contributed by atoms with van der Waals surface area (Å²) in [4.78, 5) is 26.2. The summed E-state index contributed by atoms with van der Waals surface area (Å²) >= 11 is 0. The highest BCUT2D eigenvalue weighted by Crippen LogP contribution is 2.17. The number of fused-ring (bicyclic) bond motifs is 1. The summed E-state index contributed by atoms with van der Waals surface area (Å²) in [5, 5.41) is 5.05. The van der Waals surface area contributed by atoms with Gasteiger partial charge in [0.15, 0.2) is 0 Å². The summed E-state index contributed by atoms with van der Waals surface area (Å²) in [5.74, 6) is 0.0380. The lowest BCUT2D eigenvalue weighted by Crippen LogP contribution is -2.28. The number of likely N-dealkylation sites (N-methyl/N-ethyl adjacent to an activating group) is 1. The van der Waals surface area contributed by atoms with E-state index in [1.807, 2.05) is 52.1 Å². The molecule has 0 spiro atoms. The molecule has 5 nitrogen and oxygen atoms in total. The van der Waals surface area contributed by atoms with E-state index in [-0.39, 0.29) is 5.91 Å². The van der Waals surface area contributed by atoms with Gasteiger partial charge in [-0.1, -0.05) is 48.5 Å². The standard InChI is InChI=1S/C25H28N2O3/c1-25(2,3)30-24(29)26-22-13-10-18(11-14-22)16-23(28)27(4)17-19-9-12-20-7-5-6-8-21(20)15-19/h5-15H,16-17H2,1-4H3,(H,26,29). The molecule has 5 heteroatoms. The molecule has 1 N–H and O–H groups in total. The first-order valence-corrected chi connectivity index (χ1v) is 10.0. The SMILES string of the molecule is CN(Cc1ccc2ccccc2c1)C(=O)Cc1ccc(NC(=O)OC(C)(C)C)cc1. The predicted octanol–water partition coefficient (Wildman–Crippen LogP) is 5.39. The molecule has 0 aliphatic carbocycles. The fourth-order valence-electron chi connectivity index (χ4n) is 3.14. The summed E-state index contributed by atoms with van der Waals surface area (Å²) in [6.07, 6.45) is -0.196. The third kappa shape index (κ3) is 6.08. The van der Waals surface area contributed by atoms with E-state index in [9.17, 15) is 9.59 Å². The molecule has 0 radical (unpaired) electrons. The van der Waals surface area contributed by atoms with E-state index in [0.29, 0.717) is 18.7 Å². The maximum absolute atomic E-state index is 12.6. The zero-order chi connectivity index (χ0) is 21.7.